The third-order valence-corrected chi connectivity index (χ3v) is 6.75. The zero-order valence-electron chi connectivity index (χ0n) is 15.7. The maximum Gasteiger partial charge on any atom is 0.265 e. The SMILES string of the molecule is O=C1N[C@H](c2ccccc2)Nc2c1sc1nc(C3CC3)cc(-c3ccccc3)c21. The summed E-state index contributed by atoms with van der Waals surface area (Å²) in [5.74, 6) is 0.516. The first-order valence-electron chi connectivity index (χ1n) is 9.93. The van der Waals surface area contributed by atoms with E-state index in [9.17, 15) is 4.79 Å². The molecule has 3 heterocycles. The molecule has 0 saturated heterocycles. The third kappa shape index (κ3) is 2.81. The molecule has 2 N–H and O–H groups in total. The van der Waals surface area contributed by atoms with Crippen molar-refractivity contribution in [2.75, 3.05) is 5.32 Å². The zero-order valence-corrected chi connectivity index (χ0v) is 16.5. The number of hydrogen-bond donors (Lipinski definition) is 2. The monoisotopic (exact) mass is 397 g/mol. The summed E-state index contributed by atoms with van der Waals surface area (Å²) in [6.07, 6.45) is 2.15. The molecule has 0 bridgehead atoms. The van der Waals surface area contributed by atoms with Crippen molar-refractivity contribution in [2.24, 2.45) is 0 Å². The second-order valence-corrected chi connectivity index (χ2v) is 8.68. The summed E-state index contributed by atoms with van der Waals surface area (Å²) in [7, 11) is 0. The van der Waals surface area contributed by atoms with Gasteiger partial charge in [-0.25, -0.2) is 4.98 Å². The predicted molar refractivity (Wildman–Crippen MR) is 117 cm³/mol. The van der Waals surface area contributed by atoms with Crippen molar-refractivity contribution in [1.82, 2.24) is 10.3 Å². The van der Waals surface area contributed by atoms with Crippen molar-refractivity contribution in [1.29, 1.82) is 0 Å². The number of carbonyl (C=O) groups excluding carboxylic acids is 1. The molecular weight excluding hydrogens is 378 g/mol. The van der Waals surface area contributed by atoms with Gasteiger partial charge in [0.05, 0.1) is 5.69 Å². The maximum absolute atomic E-state index is 12.9. The van der Waals surface area contributed by atoms with E-state index < -0.39 is 0 Å². The van der Waals surface area contributed by atoms with Gasteiger partial charge < -0.3 is 10.6 Å². The maximum atomic E-state index is 12.9. The van der Waals surface area contributed by atoms with Crippen LogP contribution in [0.4, 0.5) is 5.69 Å². The van der Waals surface area contributed by atoms with E-state index in [2.05, 4.69) is 41.0 Å². The van der Waals surface area contributed by atoms with Gasteiger partial charge in [-0.3, -0.25) is 4.79 Å². The first-order valence-corrected chi connectivity index (χ1v) is 10.7. The minimum absolute atomic E-state index is 0.0393. The van der Waals surface area contributed by atoms with Crippen molar-refractivity contribution >= 4 is 33.1 Å². The Bertz CT molecular complexity index is 1230. The van der Waals surface area contributed by atoms with Gasteiger partial charge in [0.2, 0.25) is 0 Å². The van der Waals surface area contributed by atoms with Crippen LogP contribution < -0.4 is 10.6 Å². The summed E-state index contributed by atoms with van der Waals surface area (Å²) >= 11 is 1.49. The summed E-state index contributed by atoms with van der Waals surface area (Å²) in [5, 5.41) is 7.72. The third-order valence-electron chi connectivity index (χ3n) is 5.67. The van der Waals surface area contributed by atoms with Gasteiger partial charge in [0.25, 0.3) is 5.91 Å². The Morgan fingerprint density at radius 3 is 2.38 bits per heavy atom. The Morgan fingerprint density at radius 1 is 0.931 bits per heavy atom. The van der Waals surface area contributed by atoms with E-state index in [1.807, 2.05) is 36.4 Å². The molecule has 1 fully saturated rings. The molecule has 2 aliphatic rings. The molecule has 2 aromatic carbocycles. The number of amides is 1. The van der Waals surface area contributed by atoms with Crippen LogP contribution in [0.2, 0.25) is 0 Å². The lowest BCUT2D eigenvalue weighted by Crippen LogP contribution is -2.37. The van der Waals surface area contributed by atoms with Crippen LogP contribution in [0, 0.1) is 0 Å². The molecular formula is C24H19N3OS. The molecule has 0 spiro atoms. The van der Waals surface area contributed by atoms with Crippen LogP contribution in [-0.4, -0.2) is 10.9 Å². The molecule has 6 rings (SSSR count). The highest BCUT2D eigenvalue weighted by Crippen LogP contribution is 2.47. The number of benzene rings is 2. The van der Waals surface area contributed by atoms with Crippen LogP contribution >= 0.6 is 11.3 Å². The molecule has 142 valence electrons. The smallest absolute Gasteiger partial charge is 0.265 e. The molecule has 1 amide bonds. The number of nitrogens with one attached hydrogen (secondary N) is 2. The lowest BCUT2D eigenvalue weighted by Gasteiger charge is -2.26. The average molecular weight is 398 g/mol. The Kier molecular flexibility index (Phi) is 3.71. The van der Waals surface area contributed by atoms with Crippen LogP contribution in [0.25, 0.3) is 21.3 Å². The van der Waals surface area contributed by atoms with E-state index in [-0.39, 0.29) is 12.1 Å². The van der Waals surface area contributed by atoms with Gasteiger partial charge in [-0.1, -0.05) is 60.7 Å². The fourth-order valence-corrected chi connectivity index (χ4v) is 5.11. The second kappa shape index (κ2) is 6.42. The van der Waals surface area contributed by atoms with Gasteiger partial charge in [-0.15, -0.1) is 11.3 Å². The Labute approximate surface area is 172 Å². The van der Waals surface area contributed by atoms with Gasteiger partial charge in [-0.05, 0) is 35.6 Å². The fraction of sp³-hybridized carbons (Fsp3) is 0.167. The van der Waals surface area contributed by atoms with E-state index in [1.54, 1.807) is 0 Å². The van der Waals surface area contributed by atoms with E-state index in [4.69, 9.17) is 4.98 Å². The van der Waals surface area contributed by atoms with Crippen LogP contribution in [0.3, 0.4) is 0 Å². The number of rotatable bonds is 3. The minimum atomic E-state index is -0.249. The van der Waals surface area contributed by atoms with E-state index >= 15 is 0 Å². The Hall–Kier alpha value is -3.18. The largest absolute Gasteiger partial charge is 0.360 e. The summed E-state index contributed by atoms with van der Waals surface area (Å²) in [6.45, 7) is 0. The molecule has 1 aliphatic heterocycles. The number of fused-ring (bicyclic) bond motifs is 3. The number of pyridine rings is 1. The van der Waals surface area contributed by atoms with Gasteiger partial charge in [0.15, 0.2) is 0 Å². The van der Waals surface area contributed by atoms with Crippen LogP contribution in [0.15, 0.2) is 66.7 Å². The summed E-state index contributed by atoms with van der Waals surface area (Å²) in [6, 6.07) is 22.7. The van der Waals surface area contributed by atoms with Gasteiger partial charge in [0, 0.05) is 17.0 Å². The van der Waals surface area contributed by atoms with Gasteiger partial charge in [0.1, 0.15) is 15.9 Å². The van der Waals surface area contributed by atoms with Crippen molar-refractivity contribution in [3.63, 3.8) is 0 Å². The number of thiophene rings is 1. The van der Waals surface area contributed by atoms with E-state index in [1.165, 1.54) is 24.2 Å². The Balaban J connectivity index is 1.57. The normalized spacial score (nSPS) is 18.2. The average Bonchev–Trinajstić information content (AvgIpc) is 3.55. The number of carbonyl (C=O) groups is 1. The molecule has 0 radical (unpaired) electrons. The van der Waals surface area contributed by atoms with E-state index in [0.717, 1.165) is 38.3 Å². The van der Waals surface area contributed by atoms with Crippen molar-refractivity contribution < 1.29 is 4.79 Å². The topological polar surface area (TPSA) is 54.0 Å². The predicted octanol–water partition coefficient (Wildman–Crippen LogP) is 5.69. The molecule has 0 unspecified atom stereocenters. The highest BCUT2D eigenvalue weighted by atomic mass is 32.1. The molecule has 29 heavy (non-hydrogen) atoms. The number of nitrogens with zero attached hydrogens (tertiary/aromatic N) is 1. The standard InChI is InChI=1S/C24H19N3OS/c28-23-21-20(26-22(27-23)16-9-5-2-6-10-16)19-17(14-7-3-1-4-8-14)13-18(15-11-12-15)25-24(19)29-21/h1-10,13,15,22,26H,11-12H2,(H,27,28)/t22-/m1/s1. The lowest BCUT2D eigenvalue weighted by molar-refractivity contribution is 0.0940. The minimum Gasteiger partial charge on any atom is -0.360 e. The van der Waals surface area contributed by atoms with Gasteiger partial charge in [-0.2, -0.15) is 0 Å². The fourth-order valence-electron chi connectivity index (χ4n) is 4.04. The molecule has 1 saturated carbocycles. The first kappa shape index (κ1) is 16.7. The van der Waals surface area contributed by atoms with Crippen molar-refractivity contribution in [3.05, 3.63) is 82.9 Å². The molecule has 2 aromatic heterocycles. The van der Waals surface area contributed by atoms with Crippen molar-refractivity contribution in [3.8, 4) is 11.1 Å². The first-order chi connectivity index (χ1) is 14.3. The quantitative estimate of drug-likeness (QED) is 0.467. The van der Waals surface area contributed by atoms with E-state index in [0.29, 0.717) is 10.8 Å². The molecule has 4 nitrogen and oxygen atoms in total. The summed E-state index contributed by atoms with van der Waals surface area (Å²) in [4.78, 5) is 19.6. The number of hydrogen-bond acceptors (Lipinski definition) is 4. The Morgan fingerprint density at radius 2 is 1.66 bits per heavy atom. The van der Waals surface area contributed by atoms with Crippen LogP contribution in [-0.2, 0) is 0 Å². The summed E-state index contributed by atoms with van der Waals surface area (Å²) in [5.41, 5.74) is 5.40. The molecule has 1 atom stereocenters. The number of aromatic nitrogens is 1. The lowest BCUT2D eigenvalue weighted by atomic mass is 9.99. The molecule has 4 aromatic rings. The molecule has 5 heteroatoms. The van der Waals surface area contributed by atoms with Crippen LogP contribution in [0.1, 0.15) is 45.9 Å². The number of anilines is 1. The second-order valence-electron chi connectivity index (χ2n) is 7.68. The molecule has 1 aliphatic carbocycles. The highest BCUT2D eigenvalue weighted by molar-refractivity contribution is 7.21. The van der Waals surface area contributed by atoms with Gasteiger partial charge >= 0.3 is 0 Å². The summed E-state index contributed by atoms with van der Waals surface area (Å²) < 4.78 is 0. The van der Waals surface area contributed by atoms with Crippen molar-refractivity contribution in [2.45, 2.75) is 24.9 Å². The zero-order chi connectivity index (χ0) is 19.4. The van der Waals surface area contributed by atoms with Crippen LogP contribution in [0.5, 0.6) is 0 Å². The highest BCUT2D eigenvalue weighted by Gasteiger charge is 2.32.